The normalized spacial score (nSPS) is 36.5. The molecule has 0 heterocycles. The van der Waals surface area contributed by atoms with Gasteiger partial charge in [0.15, 0.2) is 0 Å². The van der Waals surface area contributed by atoms with E-state index in [9.17, 15) is 0 Å². The fourth-order valence-electron chi connectivity index (χ4n) is 2.85. The Kier molecular flexibility index (Phi) is 2.67. The van der Waals surface area contributed by atoms with Gasteiger partial charge in [-0.15, -0.1) is 0 Å². The summed E-state index contributed by atoms with van der Waals surface area (Å²) in [6.07, 6.45) is 0. The fraction of sp³-hybridized carbons (Fsp3) is 1.00. The summed E-state index contributed by atoms with van der Waals surface area (Å²) >= 11 is 0. The van der Waals surface area contributed by atoms with E-state index in [1.165, 1.54) is 7.28 Å². The zero-order chi connectivity index (χ0) is 8.59. The van der Waals surface area contributed by atoms with Gasteiger partial charge >= 0.3 is 0 Å². The molecule has 11 heavy (non-hydrogen) atoms. The molecule has 0 aromatic heterocycles. The summed E-state index contributed by atoms with van der Waals surface area (Å²) in [6.45, 7) is 11.8. The summed E-state index contributed by atoms with van der Waals surface area (Å²) in [6, 6.07) is 0. The van der Waals surface area contributed by atoms with Crippen molar-refractivity contribution in [2.45, 2.75) is 40.3 Å². The third-order valence-corrected chi connectivity index (χ3v) is 3.30. The molecule has 0 aromatic carbocycles. The number of hydrogen-bond donors (Lipinski definition) is 0. The van der Waals surface area contributed by atoms with E-state index in [-0.39, 0.29) is 0 Å². The van der Waals surface area contributed by atoms with E-state index in [0.29, 0.717) is 0 Å². The SMILES string of the molecule is CBC1C(C(C)C)C1C(C)C. The molecule has 0 radical (unpaired) electrons. The van der Waals surface area contributed by atoms with E-state index in [0.717, 1.165) is 29.5 Å². The van der Waals surface area contributed by atoms with Crippen molar-refractivity contribution in [2.75, 3.05) is 0 Å². The Morgan fingerprint density at radius 1 is 0.909 bits per heavy atom. The van der Waals surface area contributed by atoms with E-state index in [2.05, 4.69) is 34.5 Å². The molecule has 1 saturated carbocycles. The Balaban J connectivity index is 2.46. The van der Waals surface area contributed by atoms with Gasteiger partial charge in [0.05, 0.1) is 0 Å². The molecule has 1 fully saturated rings. The summed E-state index contributed by atoms with van der Waals surface area (Å²) in [5, 5.41) is 0. The molecule has 0 aromatic rings. The van der Waals surface area contributed by atoms with Gasteiger partial charge in [0.2, 0.25) is 0 Å². The molecule has 0 aliphatic heterocycles. The van der Waals surface area contributed by atoms with Crippen molar-refractivity contribution in [3.8, 4) is 0 Å². The van der Waals surface area contributed by atoms with Gasteiger partial charge in [0.1, 0.15) is 7.28 Å². The van der Waals surface area contributed by atoms with E-state index < -0.39 is 0 Å². The molecule has 2 atom stereocenters. The van der Waals surface area contributed by atoms with Crippen LogP contribution in [0.25, 0.3) is 0 Å². The first-order valence-electron chi connectivity index (χ1n) is 5.09. The zero-order valence-corrected chi connectivity index (χ0v) is 8.59. The molecule has 0 amide bonds. The Hall–Kier alpha value is 0.0649. The summed E-state index contributed by atoms with van der Waals surface area (Å²) in [7, 11) is 1.39. The van der Waals surface area contributed by atoms with Gasteiger partial charge in [-0.2, -0.15) is 0 Å². The lowest BCUT2D eigenvalue weighted by Gasteiger charge is -2.05. The smallest absolute Gasteiger partial charge is 0.0891 e. The van der Waals surface area contributed by atoms with Crippen molar-refractivity contribution in [1.82, 2.24) is 0 Å². The van der Waals surface area contributed by atoms with Gasteiger partial charge in [-0.05, 0) is 23.7 Å². The van der Waals surface area contributed by atoms with E-state index >= 15 is 0 Å². The average Bonchev–Trinajstić information content (AvgIpc) is 2.59. The zero-order valence-electron chi connectivity index (χ0n) is 8.59. The van der Waals surface area contributed by atoms with Crippen LogP contribution in [-0.2, 0) is 0 Å². The Morgan fingerprint density at radius 3 is 1.36 bits per heavy atom. The largest absolute Gasteiger partial charge is 0.121 e. The first-order valence-corrected chi connectivity index (χ1v) is 5.09. The molecule has 64 valence electrons. The maximum Gasteiger partial charge on any atom is 0.121 e. The highest BCUT2D eigenvalue weighted by atomic mass is 14.5. The Labute approximate surface area is 72.0 Å². The molecule has 1 aliphatic carbocycles. The molecule has 1 heteroatoms. The number of hydrogen-bond acceptors (Lipinski definition) is 0. The summed E-state index contributed by atoms with van der Waals surface area (Å²) in [5.74, 6) is 4.95. The Morgan fingerprint density at radius 2 is 1.27 bits per heavy atom. The Bertz CT molecular complexity index is 115. The minimum atomic E-state index is 0.910. The maximum atomic E-state index is 2.37. The first kappa shape index (κ1) is 9.16. The van der Waals surface area contributed by atoms with Gasteiger partial charge in [-0.25, -0.2) is 0 Å². The molecule has 1 aliphatic rings. The van der Waals surface area contributed by atoms with E-state index in [1.807, 2.05) is 0 Å². The lowest BCUT2D eigenvalue weighted by Crippen LogP contribution is -1.97. The van der Waals surface area contributed by atoms with Crippen LogP contribution in [0.2, 0.25) is 12.6 Å². The quantitative estimate of drug-likeness (QED) is 0.545. The fourth-order valence-corrected chi connectivity index (χ4v) is 2.85. The minimum absolute atomic E-state index is 0.910. The molecule has 0 N–H and O–H groups in total. The van der Waals surface area contributed by atoms with Crippen LogP contribution in [0.4, 0.5) is 0 Å². The number of rotatable bonds is 3. The van der Waals surface area contributed by atoms with Crippen LogP contribution in [-0.4, -0.2) is 7.28 Å². The van der Waals surface area contributed by atoms with Crippen LogP contribution >= 0.6 is 0 Å². The lowest BCUT2D eigenvalue weighted by atomic mass is 9.72. The van der Waals surface area contributed by atoms with Crippen LogP contribution in [0.1, 0.15) is 27.7 Å². The standard InChI is InChI=1S/C10H21B/c1-6(2)8-9(7(3)4)10(8)11-5/h6-11H,1-5H3. The second kappa shape index (κ2) is 3.20. The van der Waals surface area contributed by atoms with Crippen LogP contribution in [0.15, 0.2) is 0 Å². The topological polar surface area (TPSA) is 0 Å². The molecule has 0 bridgehead atoms. The van der Waals surface area contributed by atoms with Crippen molar-refractivity contribution < 1.29 is 0 Å². The lowest BCUT2D eigenvalue weighted by molar-refractivity contribution is 0.448. The molecule has 2 unspecified atom stereocenters. The minimum Gasteiger partial charge on any atom is -0.0891 e. The summed E-state index contributed by atoms with van der Waals surface area (Å²) in [4.78, 5) is 0. The first-order chi connectivity index (χ1) is 5.09. The highest BCUT2D eigenvalue weighted by Crippen LogP contribution is 2.59. The van der Waals surface area contributed by atoms with Gasteiger partial charge < -0.3 is 0 Å². The average molecular weight is 152 g/mol. The van der Waals surface area contributed by atoms with Crippen molar-refractivity contribution >= 4 is 7.28 Å². The van der Waals surface area contributed by atoms with Gasteiger partial charge in [-0.3, -0.25) is 0 Å². The molecular weight excluding hydrogens is 131 g/mol. The van der Waals surface area contributed by atoms with E-state index in [4.69, 9.17) is 0 Å². The van der Waals surface area contributed by atoms with Gasteiger partial charge in [0.25, 0.3) is 0 Å². The van der Waals surface area contributed by atoms with Crippen LogP contribution < -0.4 is 0 Å². The van der Waals surface area contributed by atoms with E-state index in [1.54, 1.807) is 0 Å². The predicted molar refractivity (Wildman–Crippen MR) is 53.4 cm³/mol. The van der Waals surface area contributed by atoms with Crippen LogP contribution in [0.3, 0.4) is 0 Å². The molecule has 1 rings (SSSR count). The maximum absolute atomic E-state index is 2.37. The summed E-state index contributed by atoms with van der Waals surface area (Å²) < 4.78 is 0. The highest BCUT2D eigenvalue weighted by molar-refractivity contribution is 6.37. The second-order valence-corrected chi connectivity index (χ2v) is 4.71. The third kappa shape index (κ3) is 1.63. The third-order valence-electron chi connectivity index (χ3n) is 3.30. The van der Waals surface area contributed by atoms with Crippen molar-refractivity contribution in [3.63, 3.8) is 0 Å². The van der Waals surface area contributed by atoms with Crippen molar-refractivity contribution in [3.05, 3.63) is 0 Å². The molecular formula is C10H21B. The second-order valence-electron chi connectivity index (χ2n) is 4.71. The van der Waals surface area contributed by atoms with Crippen LogP contribution in [0.5, 0.6) is 0 Å². The van der Waals surface area contributed by atoms with Crippen molar-refractivity contribution in [2.24, 2.45) is 23.7 Å². The van der Waals surface area contributed by atoms with Gasteiger partial charge in [-0.1, -0.05) is 40.3 Å². The molecule has 0 spiro atoms. The van der Waals surface area contributed by atoms with Gasteiger partial charge in [0, 0.05) is 0 Å². The molecule has 0 nitrogen and oxygen atoms in total. The highest BCUT2D eigenvalue weighted by Gasteiger charge is 2.50. The van der Waals surface area contributed by atoms with Crippen LogP contribution in [0, 0.1) is 23.7 Å². The molecule has 0 saturated heterocycles. The van der Waals surface area contributed by atoms with Crippen molar-refractivity contribution in [1.29, 1.82) is 0 Å². The summed E-state index contributed by atoms with van der Waals surface area (Å²) in [5.41, 5.74) is 0. The monoisotopic (exact) mass is 152 g/mol. The predicted octanol–water partition coefficient (Wildman–Crippen LogP) is 2.82.